The Bertz CT molecular complexity index is 645. The molecule has 22 heavy (non-hydrogen) atoms. The van der Waals surface area contributed by atoms with Crippen LogP contribution in [0.15, 0.2) is 42.5 Å². The number of nitrogens with zero attached hydrogens (tertiary/aromatic N) is 1. The Labute approximate surface area is 138 Å². The largest absolute Gasteiger partial charge is 1.00 e. The summed E-state index contributed by atoms with van der Waals surface area (Å²) in [6.45, 7) is 3.07. The van der Waals surface area contributed by atoms with Gasteiger partial charge in [-0.05, 0) is 17.7 Å². The molecule has 0 saturated heterocycles. The molecule has 0 radical (unpaired) electrons. The highest BCUT2D eigenvalue weighted by Gasteiger charge is 2.29. The van der Waals surface area contributed by atoms with Gasteiger partial charge in [-0.3, -0.25) is 0 Å². The molecule has 0 aromatic heterocycles. The molecule has 1 N–H and O–H groups in total. The minimum atomic E-state index is 0. The maximum Gasteiger partial charge on any atom is 0.160 e. The molecule has 1 aliphatic rings. The highest BCUT2D eigenvalue weighted by atomic mass is 35.5. The monoisotopic (exact) mass is 319 g/mol. The Morgan fingerprint density at radius 1 is 1.14 bits per heavy atom. The first-order chi connectivity index (χ1) is 10.1. The fraction of sp³-hybridized carbons (Fsp3) is 0.333. The maximum atomic E-state index is 9.99. The van der Waals surface area contributed by atoms with E-state index in [0.717, 1.165) is 30.5 Å². The van der Waals surface area contributed by atoms with Gasteiger partial charge < -0.3 is 26.7 Å². The minimum Gasteiger partial charge on any atom is -1.00 e. The van der Waals surface area contributed by atoms with Gasteiger partial charge in [0.15, 0.2) is 11.5 Å². The number of methoxy groups -OCH3 is 1. The van der Waals surface area contributed by atoms with E-state index in [1.807, 2.05) is 12.1 Å². The van der Waals surface area contributed by atoms with E-state index in [0.29, 0.717) is 5.75 Å². The first kappa shape index (κ1) is 16.7. The van der Waals surface area contributed by atoms with Gasteiger partial charge in [-0.15, -0.1) is 0 Å². The van der Waals surface area contributed by atoms with Gasteiger partial charge in [0, 0.05) is 17.5 Å². The Morgan fingerprint density at radius 2 is 1.86 bits per heavy atom. The average Bonchev–Trinajstić information content (AvgIpc) is 2.47. The van der Waals surface area contributed by atoms with E-state index >= 15 is 0 Å². The molecule has 1 heterocycles. The van der Waals surface area contributed by atoms with Crippen LogP contribution in [0.1, 0.15) is 16.7 Å². The molecule has 3 rings (SSSR count). The predicted molar refractivity (Wildman–Crippen MR) is 83.3 cm³/mol. The van der Waals surface area contributed by atoms with Crippen molar-refractivity contribution in [2.24, 2.45) is 0 Å². The number of fused-ring (bicyclic) bond motifs is 1. The van der Waals surface area contributed by atoms with Gasteiger partial charge in [-0.2, -0.15) is 0 Å². The van der Waals surface area contributed by atoms with E-state index in [4.69, 9.17) is 4.74 Å². The number of hydrogen-bond donors (Lipinski definition) is 1. The molecule has 1 unspecified atom stereocenters. The van der Waals surface area contributed by atoms with Crippen LogP contribution in [0.4, 0.5) is 0 Å². The second kappa shape index (κ2) is 6.59. The van der Waals surface area contributed by atoms with Crippen LogP contribution in [0.2, 0.25) is 0 Å². The Balaban J connectivity index is 0.00000176. The molecule has 118 valence electrons. The topological polar surface area (TPSA) is 29.5 Å². The molecular formula is C18H22ClNO2. The van der Waals surface area contributed by atoms with Crippen molar-refractivity contribution < 1.29 is 26.7 Å². The molecule has 0 spiro atoms. The van der Waals surface area contributed by atoms with Gasteiger partial charge >= 0.3 is 0 Å². The number of benzene rings is 2. The van der Waals surface area contributed by atoms with Crippen LogP contribution in [0.3, 0.4) is 0 Å². The lowest BCUT2D eigenvalue weighted by molar-refractivity contribution is -0.937. The van der Waals surface area contributed by atoms with Crippen molar-refractivity contribution in [3.8, 4) is 11.5 Å². The van der Waals surface area contributed by atoms with Crippen molar-refractivity contribution in [2.45, 2.75) is 19.5 Å². The van der Waals surface area contributed by atoms with E-state index in [1.165, 1.54) is 16.7 Å². The van der Waals surface area contributed by atoms with Crippen molar-refractivity contribution in [3.05, 3.63) is 59.2 Å². The van der Waals surface area contributed by atoms with Gasteiger partial charge in [0.2, 0.25) is 0 Å². The Hall–Kier alpha value is -1.71. The zero-order valence-corrected chi connectivity index (χ0v) is 13.8. The summed E-state index contributed by atoms with van der Waals surface area (Å²) >= 11 is 0. The maximum absolute atomic E-state index is 9.99. The highest BCUT2D eigenvalue weighted by molar-refractivity contribution is 5.46. The Kier molecular flexibility index (Phi) is 4.99. The molecular weight excluding hydrogens is 298 g/mol. The summed E-state index contributed by atoms with van der Waals surface area (Å²) < 4.78 is 6.18. The van der Waals surface area contributed by atoms with Crippen molar-refractivity contribution >= 4 is 0 Å². The molecule has 4 heteroatoms. The molecule has 2 aromatic rings. The van der Waals surface area contributed by atoms with Gasteiger partial charge in [-0.1, -0.05) is 30.3 Å². The normalized spacial score (nSPS) is 19.9. The second-order valence-corrected chi connectivity index (χ2v) is 6.19. The fourth-order valence-corrected chi connectivity index (χ4v) is 3.24. The molecule has 1 atom stereocenters. The lowest BCUT2D eigenvalue weighted by Gasteiger charge is -2.39. The third kappa shape index (κ3) is 3.37. The number of likely N-dealkylation sites (N-methyl/N-ethyl adjacent to an activating group) is 1. The van der Waals surface area contributed by atoms with Crippen molar-refractivity contribution in [3.63, 3.8) is 0 Å². The number of ether oxygens (including phenoxy) is 1. The number of hydrogen-bond acceptors (Lipinski definition) is 2. The van der Waals surface area contributed by atoms with Crippen LogP contribution in [0, 0.1) is 0 Å². The highest BCUT2D eigenvalue weighted by Crippen LogP contribution is 2.34. The first-order valence-electron chi connectivity index (χ1n) is 7.36. The van der Waals surface area contributed by atoms with E-state index in [9.17, 15) is 5.11 Å². The van der Waals surface area contributed by atoms with Crippen LogP contribution in [0.5, 0.6) is 11.5 Å². The first-order valence-corrected chi connectivity index (χ1v) is 7.36. The molecule has 0 bridgehead atoms. The van der Waals surface area contributed by atoms with Crippen LogP contribution in [-0.2, 0) is 19.5 Å². The summed E-state index contributed by atoms with van der Waals surface area (Å²) in [6.07, 6.45) is 1.02. The van der Waals surface area contributed by atoms with Crippen LogP contribution < -0.4 is 17.1 Å². The molecule has 0 saturated carbocycles. The van der Waals surface area contributed by atoms with Gasteiger partial charge in [0.05, 0.1) is 20.7 Å². The van der Waals surface area contributed by atoms with Gasteiger partial charge in [-0.25, -0.2) is 0 Å². The summed E-state index contributed by atoms with van der Waals surface area (Å²) in [7, 11) is 3.89. The van der Waals surface area contributed by atoms with Crippen molar-refractivity contribution in [1.29, 1.82) is 0 Å². The minimum absolute atomic E-state index is 0. The lowest BCUT2D eigenvalue weighted by atomic mass is 9.96. The quantitative estimate of drug-likeness (QED) is 0.814. The number of quaternary nitrogens is 1. The molecule has 0 fully saturated rings. The van der Waals surface area contributed by atoms with Crippen molar-refractivity contribution in [1.82, 2.24) is 0 Å². The second-order valence-electron chi connectivity index (χ2n) is 6.19. The number of halogens is 1. The van der Waals surface area contributed by atoms with E-state index < -0.39 is 0 Å². The Morgan fingerprint density at radius 3 is 2.55 bits per heavy atom. The standard InChI is InChI=1S/C18H21NO2.ClH/c1-19(12-14-6-4-3-5-7-14)9-8-15-11-18(21-2)17(20)10-16(15)13-19;/h3-7,10-11H,8-9,12-13H2,1-2H3;1H. The van der Waals surface area contributed by atoms with Gasteiger partial charge in [0.1, 0.15) is 13.1 Å². The van der Waals surface area contributed by atoms with Gasteiger partial charge in [0.25, 0.3) is 0 Å². The van der Waals surface area contributed by atoms with E-state index in [-0.39, 0.29) is 18.2 Å². The summed E-state index contributed by atoms with van der Waals surface area (Å²) in [6, 6.07) is 14.5. The fourth-order valence-electron chi connectivity index (χ4n) is 3.24. The summed E-state index contributed by atoms with van der Waals surface area (Å²) in [5, 5.41) is 9.99. The lowest BCUT2D eigenvalue weighted by Crippen LogP contribution is -3.00. The summed E-state index contributed by atoms with van der Waals surface area (Å²) in [5.41, 5.74) is 3.90. The summed E-state index contributed by atoms with van der Waals surface area (Å²) in [5.74, 6) is 0.817. The number of aromatic hydroxyl groups is 1. The average molecular weight is 320 g/mol. The SMILES string of the molecule is COc1cc2c(cc1O)C[N+](C)(Cc1ccccc1)CC2.[Cl-]. The van der Waals surface area contributed by atoms with E-state index in [1.54, 1.807) is 7.11 Å². The molecule has 2 aromatic carbocycles. The number of phenolic OH excluding ortho intramolecular Hbond substituents is 1. The van der Waals surface area contributed by atoms with Crippen LogP contribution in [0.25, 0.3) is 0 Å². The molecule has 3 nitrogen and oxygen atoms in total. The predicted octanol–water partition coefficient (Wildman–Crippen LogP) is 0.108. The molecule has 0 amide bonds. The third-order valence-electron chi connectivity index (χ3n) is 4.38. The van der Waals surface area contributed by atoms with E-state index in [2.05, 4.69) is 37.4 Å². The zero-order valence-electron chi connectivity index (χ0n) is 13.1. The van der Waals surface area contributed by atoms with Crippen LogP contribution in [-0.4, -0.2) is 30.3 Å². The number of phenols is 1. The third-order valence-corrected chi connectivity index (χ3v) is 4.38. The zero-order chi connectivity index (χ0) is 14.9. The van der Waals surface area contributed by atoms with Crippen molar-refractivity contribution in [2.75, 3.05) is 20.7 Å². The summed E-state index contributed by atoms with van der Waals surface area (Å²) in [4.78, 5) is 0. The number of rotatable bonds is 3. The molecule has 1 aliphatic heterocycles. The van der Waals surface area contributed by atoms with Crippen LogP contribution >= 0.6 is 0 Å². The smallest absolute Gasteiger partial charge is 0.160 e. The molecule has 0 aliphatic carbocycles.